The van der Waals surface area contributed by atoms with Gasteiger partial charge in [0.05, 0.1) is 12.0 Å². The van der Waals surface area contributed by atoms with Gasteiger partial charge in [0.1, 0.15) is 0 Å². The molecule has 0 heterocycles. The molecule has 0 amide bonds. The van der Waals surface area contributed by atoms with E-state index in [0.29, 0.717) is 6.04 Å². The molecular weight excluding hydrogens is 196 g/mol. The van der Waals surface area contributed by atoms with E-state index in [1.54, 1.807) is 6.26 Å². The highest BCUT2D eigenvalue weighted by molar-refractivity contribution is 7.84. The fraction of sp³-hybridized carbons (Fsp3) is 0.900. The van der Waals surface area contributed by atoms with E-state index < -0.39 is 10.8 Å². The van der Waals surface area contributed by atoms with Crippen LogP contribution in [0, 0.1) is 17.2 Å². The zero-order chi connectivity index (χ0) is 10.6. The van der Waals surface area contributed by atoms with Gasteiger partial charge in [-0.2, -0.15) is 5.26 Å². The maximum absolute atomic E-state index is 11.1. The van der Waals surface area contributed by atoms with Crippen LogP contribution in [0.3, 0.4) is 0 Å². The highest BCUT2D eigenvalue weighted by Crippen LogP contribution is 2.24. The number of nitriles is 1. The van der Waals surface area contributed by atoms with Crippen LogP contribution in [0.1, 0.15) is 26.2 Å². The predicted molar refractivity (Wildman–Crippen MR) is 58.3 cm³/mol. The first-order chi connectivity index (χ1) is 6.65. The van der Waals surface area contributed by atoms with Gasteiger partial charge in [-0.25, -0.2) is 0 Å². The van der Waals surface area contributed by atoms with Crippen LogP contribution in [0.2, 0.25) is 0 Å². The number of nitrogens with zero attached hydrogens (tertiary/aromatic N) is 1. The van der Waals surface area contributed by atoms with E-state index in [0.717, 1.165) is 25.8 Å². The zero-order valence-corrected chi connectivity index (χ0v) is 9.64. The molecule has 1 saturated carbocycles. The highest BCUT2D eigenvalue weighted by atomic mass is 32.2. The molecule has 4 unspecified atom stereocenters. The molecule has 0 aromatic carbocycles. The Hall–Kier alpha value is -0.400. The summed E-state index contributed by atoms with van der Waals surface area (Å²) in [6, 6.07) is 2.65. The second kappa shape index (κ2) is 5.47. The second-order valence-corrected chi connectivity index (χ2v) is 5.79. The Kier molecular flexibility index (Phi) is 4.56. The first-order valence-electron chi connectivity index (χ1n) is 5.10. The van der Waals surface area contributed by atoms with Gasteiger partial charge >= 0.3 is 0 Å². The molecule has 4 atom stereocenters. The summed E-state index contributed by atoms with van der Waals surface area (Å²) < 4.78 is 11.1. The molecule has 80 valence electrons. The molecule has 14 heavy (non-hydrogen) atoms. The molecule has 1 fully saturated rings. The molecule has 0 saturated heterocycles. The maximum atomic E-state index is 11.1. The van der Waals surface area contributed by atoms with Crippen LogP contribution in [0.25, 0.3) is 0 Å². The van der Waals surface area contributed by atoms with E-state index in [-0.39, 0.29) is 11.2 Å². The Bertz CT molecular complexity index is 249. The minimum Gasteiger partial charge on any atom is -0.311 e. The molecule has 0 spiro atoms. The summed E-state index contributed by atoms with van der Waals surface area (Å²) in [5, 5.41) is 12.4. The van der Waals surface area contributed by atoms with Gasteiger partial charge in [0.25, 0.3) is 0 Å². The van der Waals surface area contributed by atoms with Crippen LogP contribution in [0.5, 0.6) is 0 Å². The van der Waals surface area contributed by atoms with Crippen molar-refractivity contribution in [2.75, 3.05) is 12.8 Å². The Morgan fingerprint density at radius 1 is 1.64 bits per heavy atom. The van der Waals surface area contributed by atoms with E-state index in [1.165, 1.54) is 0 Å². The summed E-state index contributed by atoms with van der Waals surface area (Å²) in [5.74, 6) is 0.160. The third-order valence-electron chi connectivity index (χ3n) is 2.92. The van der Waals surface area contributed by atoms with Crippen molar-refractivity contribution >= 4 is 10.8 Å². The van der Waals surface area contributed by atoms with Gasteiger partial charge in [0.2, 0.25) is 0 Å². The second-order valence-electron chi connectivity index (χ2n) is 3.99. The minimum atomic E-state index is -0.769. The highest BCUT2D eigenvalue weighted by Gasteiger charge is 2.26. The summed E-state index contributed by atoms with van der Waals surface area (Å²) in [5.41, 5.74) is 0. The monoisotopic (exact) mass is 214 g/mol. The van der Waals surface area contributed by atoms with E-state index in [2.05, 4.69) is 11.4 Å². The number of rotatable bonds is 4. The summed E-state index contributed by atoms with van der Waals surface area (Å²) in [6.07, 6.45) is 4.96. The average molecular weight is 214 g/mol. The van der Waals surface area contributed by atoms with Gasteiger partial charge < -0.3 is 5.32 Å². The molecule has 0 aromatic rings. The Morgan fingerprint density at radius 2 is 2.36 bits per heavy atom. The molecule has 1 N–H and O–H groups in total. The fourth-order valence-corrected chi connectivity index (χ4v) is 2.12. The minimum absolute atomic E-state index is 0.160. The molecule has 1 aliphatic rings. The average Bonchev–Trinajstić information content (AvgIpc) is 2.60. The standard InChI is InChI=1S/C10H18N2OS/c1-8(14(2)13)7-12-10-5-3-4-9(10)6-11/h8-10,12H,3-5,7H2,1-2H3. The Labute approximate surface area is 88.3 Å². The molecule has 0 aromatic heterocycles. The molecule has 1 rings (SSSR count). The smallest absolute Gasteiger partial charge is 0.0672 e. The van der Waals surface area contributed by atoms with E-state index in [9.17, 15) is 4.21 Å². The van der Waals surface area contributed by atoms with Crippen molar-refractivity contribution in [1.82, 2.24) is 5.32 Å². The van der Waals surface area contributed by atoms with Crippen molar-refractivity contribution in [3.8, 4) is 6.07 Å². The molecule has 0 aliphatic heterocycles. The van der Waals surface area contributed by atoms with E-state index in [4.69, 9.17) is 5.26 Å². The quantitative estimate of drug-likeness (QED) is 0.760. The lowest BCUT2D eigenvalue weighted by Gasteiger charge is -2.17. The lowest BCUT2D eigenvalue weighted by molar-refractivity contribution is 0.466. The number of hydrogen-bond acceptors (Lipinski definition) is 3. The van der Waals surface area contributed by atoms with Crippen LogP contribution < -0.4 is 5.32 Å². The van der Waals surface area contributed by atoms with Gasteiger partial charge in [-0.1, -0.05) is 6.42 Å². The van der Waals surface area contributed by atoms with Crippen molar-refractivity contribution in [3.05, 3.63) is 0 Å². The van der Waals surface area contributed by atoms with E-state index >= 15 is 0 Å². The van der Waals surface area contributed by atoms with Crippen LogP contribution in [0.15, 0.2) is 0 Å². The third kappa shape index (κ3) is 3.07. The molecule has 0 bridgehead atoms. The summed E-state index contributed by atoms with van der Waals surface area (Å²) in [7, 11) is -0.769. The SMILES string of the molecule is CC(CNC1CCCC1C#N)S(C)=O. The van der Waals surface area contributed by atoms with Crippen molar-refractivity contribution in [1.29, 1.82) is 5.26 Å². The lowest BCUT2D eigenvalue weighted by Crippen LogP contribution is -2.37. The molecule has 4 heteroatoms. The lowest BCUT2D eigenvalue weighted by atomic mass is 10.1. The maximum Gasteiger partial charge on any atom is 0.0672 e. The van der Waals surface area contributed by atoms with Crippen LogP contribution in [-0.4, -0.2) is 28.3 Å². The Balaban J connectivity index is 2.31. The number of hydrogen-bond donors (Lipinski definition) is 1. The molecule has 1 aliphatic carbocycles. The summed E-state index contributed by atoms with van der Waals surface area (Å²) in [4.78, 5) is 0. The normalized spacial score (nSPS) is 30.9. The largest absolute Gasteiger partial charge is 0.311 e. The van der Waals surface area contributed by atoms with Gasteiger partial charge in [0.15, 0.2) is 0 Å². The zero-order valence-electron chi connectivity index (χ0n) is 8.82. The van der Waals surface area contributed by atoms with Crippen molar-refractivity contribution in [3.63, 3.8) is 0 Å². The predicted octanol–water partition coefficient (Wildman–Crippen LogP) is 1.04. The first kappa shape index (κ1) is 11.7. The van der Waals surface area contributed by atoms with Crippen LogP contribution >= 0.6 is 0 Å². The first-order valence-corrected chi connectivity index (χ1v) is 6.72. The van der Waals surface area contributed by atoms with Crippen LogP contribution in [0.4, 0.5) is 0 Å². The van der Waals surface area contributed by atoms with Crippen LogP contribution in [-0.2, 0) is 10.8 Å². The number of nitrogens with one attached hydrogen (secondary N) is 1. The summed E-state index contributed by atoms with van der Waals surface area (Å²) >= 11 is 0. The van der Waals surface area contributed by atoms with Crippen molar-refractivity contribution < 1.29 is 4.21 Å². The third-order valence-corrected chi connectivity index (χ3v) is 4.22. The van der Waals surface area contributed by atoms with Gasteiger partial charge in [0, 0.05) is 34.9 Å². The topological polar surface area (TPSA) is 52.9 Å². The fourth-order valence-electron chi connectivity index (χ4n) is 1.79. The molecular formula is C10H18N2OS. The molecule has 0 radical (unpaired) electrons. The van der Waals surface area contributed by atoms with Gasteiger partial charge in [-0.05, 0) is 19.8 Å². The van der Waals surface area contributed by atoms with E-state index in [1.807, 2.05) is 6.92 Å². The Morgan fingerprint density at radius 3 is 2.93 bits per heavy atom. The van der Waals surface area contributed by atoms with Gasteiger partial charge in [-0.15, -0.1) is 0 Å². The van der Waals surface area contributed by atoms with Crippen molar-refractivity contribution in [2.24, 2.45) is 5.92 Å². The van der Waals surface area contributed by atoms with Gasteiger partial charge in [-0.3, -0.25) is 4.21 Å². The van der Waals surface area contributed by atoms with Crippen molar-refractivity contribution in [2.45, 2.75) is 37.5 Å². The molecule has 3 nitrogen and oxygen atoms in total. The summed E-state index contributed by atoms with van der Waals surface area (Å²) in [6.45, 7) is 2.73.